The first-order chi connectivity index (χ1) is 16.7. The molecule has 0 atom stereocenters. The molecular formula is C27H27N5O2. The summed E-state index contributed by atoms with van der Waals surface area (Å²) in [5, 5.41) is 8.53. The van der Waals surface area contributed by atoms with E-state index in [0.717, 1.165) is 48.2 Å². The van der Waals surface area contributed by atoms with Crippen LogP contribution in [0.1, 0.15) is 66.2 Å². The van der Waals surface area contributed by atoms with Gasteiger partial charge in [0.15, 0.2) is 11.5 Å². The molecular weight excluding hydrogens is 426 g/mol. The number of fused-ring (bicyclic) bond motifs is 1. The van der Waals surface area contributed by atoms with Crippen LogP contribution >= 0.6 is 0 Å². The number of aromatic nitrogens is 4. The summed E-state index contributed by atoms with van der Waals surface area (Å²) in [6.45, 7) is 1.91. The summed E-state index contributed by atoms with van der Waals surface area (Å²) in [6.07, 6.45) is 8.81. The monoisotopic (exact) mass is 453 g/mol. The van der Waals surface area contributed by atoms with Crippen molar-refractivity contribution in [3.63, 3.8) is 0 Å². The molecule has 0 radical (unpaired) electrons. The van der Waals surface area contributed by atoms with E-state index in [1.54, 1.807) is 10.9 Å². The van der Waals surface area contributed by atoms with Gasteiger partial charge in [0.1, 0.15) is 5.75 Å². The molecule has 34 heavy (non-hydrogen) atoms. The van der Waals surface area contributed by atoms with Gasteiger partial charge >= 0.3 is 0 Å². The lowest BCUT2D eigenvalue weighted by molar-refractivity contribution is 0.102. The molecule has 0 bridgehead atoms. The molecule has 0 saturated heterocycles. The van der Waals surface area contributed by atoms with Crippen LogP contribution in [0.4, 0.5) is 5.69 Å². The molecule has 1 amide bonds. The van der Waals surface area contributed by atoms with Crippen molar-refractivity contribution >= 4 is 22.6 Å². The lowest BCUT2D eigenvalue weighted by Crippen LogP contribution is -2.14. The van der Waals surface area contributed by atoms with E-state index in [2.05, 4.69) is 10.3 Å². The predicted molar refractivity (Wildman–Crippen MR) is 131 cm³/mol. The number of rotatable bonds is 6. The third kappa shape index (κ3) is 4.02. The number of nitrogens with zero attached hydrogens (tertiary/aromatic N) is 4. The quantitative estimate of drug-likeness (QED) is 0.412. The van der Waals surface area contributed by atoms with E-state index in [9.17, 15) is 4.79 Å². The van der Waals surface area contributed by atoms with Crippen molar-refractivity contribution in [3.8, 4) is 11.6 Å². The first kappa shape index (κ1) is 20.8. The number of pyridine rings is 2. The van der Waals surface area contributed by atoms with E-state index in [4.69, 9.17) is 14.8 Å². The second kappa shape index (κ2) is 8.56. The standard InChI is InChI=1S/C27H27N5O2/c1-17-25-22(27(33)29-19-7-6-10-21(15-19)34-20-8-2-3-9-20)16-23(18-12-13-18)30-26(25)32(31-17)24-11-4-5-14-28-24/h4-7,10-11,14-16,18,20H,2-3,8-9,12-13H2,1H3,(H,29,33). The zero-order chi connectivity index (χ0) is 23.1. The minimum absolute atomic E-state index is 0.170. The molecule has 2 aliphatic rings. The Morgan fingerprint density at radius 3 is 2.68 bits per heavy atom. The van der Waals surface area contributed by atoms with Gasteiger partial charge in [-0.05, 0) is 75.8 Å². The van der Waals surface area contributed by atoms with Gasteiger partial charge in [-0.15, -0.1) is 0 Å². The van der Waals surface area contributed by atoms with Gasteiger partial charge in [-0.25, -0.2) is 9.97 Å². The third-order valence-corrected chi connectivity index (χ3v) is 6.64. The average molecular weight is 454 g/mol. The largest absolute Gasteiger partial charge is 0.490 e. The van der Waals surface area contributed by atoms with E-state index in [-0.39, 0.29) is 12.0 Å². The molecule has 4 aromatic rings. The zero-order valence-corrected chi connectivity index (χ0v) is 19.2. The van der Waals surface area contributed by atoms with Gasteiger partial charge in [0.25, 0.3) is 5.91 Å². The average Bonchev–Trinajstić information content (AvgIpc) is 3.49. The number of nitrogens with one attached hydrogen (secondary N) is 1. The van der Waals surface area contributed by atoms with Crippen molar-refractivity contribution in [3.05, 3.63) is 71.7 Å². The molecule has 6 rings (SSSR count). The summed E-state index contributed by atoms with van der Waals surface area (Å²) in [6, 6.07) is 15.3. The number of aryl methyl sites for hydroxylation is 1. The van der Waals surface area contributed by atoms with E-state index in [1.807, 2.05) is 55.5 Å². The maximum absolute atomic E-state index is 13.5. The van der Waals surface area contributed by atoms with Gasteiger partial charge < -0.3 is 10.1 Å². The van der Waals surface area contributed by atoms with Crippen LogP contribution in [-0.2, 0) is 0 Å². The molecule has 2 aliphatic carbocycles. The molecule has 7 heteroatoms. The van der Waals surface area contributed by atoms with Gasteiger partial charge in [-0.3, -0.25) is 4.79 Å². The fraction of sp³-hybridized carbons (Fsp3) is 0.333. The Kier molecular flexibility index (Phi) is 5.24. The van der Waals surface area contributed by atoms with Crippen molar-refractivity contribution in [1.29, 1.82) is 0 Å². The highest BCUT2D eigenvalue weighted by Gasteiger charge is 2.29. The van der Waals surface area contributed by atoms with Crippen molar-refractivity contribution in [1.82, 2.24) is 19.7 Å². The van der Waals surface area contributed by atoms with Crippen LogP contribution in [0.25, 0.3) is 16.9 Å². The van der Waals surface area contributed by atoms with Crippen LogP contribution < -0.4 is 10.1 Å². The van der Waals surface area contributed by atoms with Crippen LogP contribution in [0, 0.1) is 6.92 Å². The zero-order valence-electron chi connectivity index (χ0n) is 19.2. The number of carbonyl (C=O) groups excluding carboxylic acids is 1. The predicted octanol–water partition coefficient (Wildman–Crippen LogP) is 5.58. The second-order valence-corrected chi connectivity index (χ2v) is 9.26. The summed E-state index contributed by atoms with van der Waals surface area (Å²) in [5.41, 5.74) is 3.66. The fourth-order valence-electron chi connectivity index (χ4n) is 4.76. The lowest BCUT2D eigenvalue weighted by Gasteiger charge is -2.14. The Morgan fingerprint density at radius 2 is 1.91 bits per heavy atom. The first-order valence-electron chi connectivity index (χ1n) is 12.1. The summed E-state index contributed by atoms with van der Waals surface area (Å²) in [4.78, 5) is 22.9. The number of carbonyl (C=O) groups is 1. The fourth-order valence-corrected chi connectivity index (χ4v) is 4.76. The number of anilines is 1. The summed E-state index contributed by atoms with van der Waals surface area (Å²) in [5.74, 6) is 1.70. The van der Waals surface area contributed by atoms with Crippen LogP contribution in [0.15, 0.2) is 54.7 Å². The van der Waals surface area contributed by atoms with Crippen molar-refractivity contribution in [2.24, 2.45) is 0 Å². The van der Waals surface area contributed by atoms with Crippen molar-refractivity contribution in [2.45, 2.75) is 57.5 Å². The number of hydrogen-bond donors (Lipinski definition) is 1. The number of benzene rings is 1. The Morgan fingerprint density at radius 1 is 1.06 bits per heavy atom. The molecule has 3 aromatic heterocycles. The first-order valence-corrected chi connectivity index (χ1v) is 12.1. The van der Waals surface area contributed by atoms with Crippen LogP contribution in [0.5, 0.6) is 5.75 Å². The molecule has 0 unspecified atom stereocenters. The summed E-state index contributed by atoms with van der Waals surface area (Å²) >= 11 is 0. The normalized spacial score (nSPS) is 16.1. The SMILES string of the molecule is Cc1nn(-c2ccccn2)c2nc(C3CC3)cc(C(=O)Nc3cccc(OC4CCCC4)c3)c12. The van der Waals surface area contributed by atoms with Crippen molar-refractivity contribution in [2.75, 3.05) is 5.32 Å². The second-order valence-electron chi connectivity index (χ2n) is 9.26. The summed E-state index contributed by atoms with van der Waals surface area (Å²) < 4.78 is 7.86. The molecule has 1 aromatic carbocycles. The number of ether oxygens (including phenoxy) is 1. The maximum Gasteiger partial charge on any atom is 0.256 e. The Bertz CT molecular complexity index is 1350. The Labute approximate surface area is 198 Å². The van der Waals surface area contributed by atoms with Crippen LogP contribution in [0.2, 0.25) is 0 Å². The highest BCUT2D eigenvalue weighted by molar-refractivity contribution is 6.13. The highest BCUT2D eigenvalue weighted by atomic mass is 16.5. The molecule has 3 heterocycles. The number of hydrogen-bond acceptors (Lipinski definition) is 5. The lowest BCUT2D eigenvalue weighted by atomic mass is 10.1. The molecule has 0 spiro atoms. The Balaban J connectivity index is 1.36. The van der Waals surface area contributed by atoms with E-state index >= 15 is 0 Å². The van der Waals surface area contributed by atoms with Gasteiger partial charge in [-0.1, -0.05) is 12.1 Å². The molecule has 2 fully saturated rings. The smallest absolute Gasteiger partial charge is 0.256 e. The highest BCUT2D eigenvalue weighted by Crippen LogP contribution is 2.41. The van der Waals surface area contributed by atoms with Crippen molar-refractivity contribution < 1.29 is 9.53 Å². The van der Waals surface area contributed by atoms with E-state index < -0.39 is 0 Å². The molecule has 1 N–H and O–H groups in total. The topological polar surface area (TPSA) is 81.9 Å². The minimum atomic E-state index is -0.170. The molecule has 0 aliphatic heterocycles. The number of amides is 1. The minimum Gasteiger partial charge on any atom is -0.490 e. The van der Waals surface area contributed by atoms with E-state index in [0.29, 0.717) is 28.6 Å². The van der Waals surface area contributed by atoms with Gasteiger partial charge in [0.2, 0.25) is 0 Å². The van der Waals surface area contributed by atoms with E-state index in [1.165, 1.54) is 12.8 Å². The van der Waals surface area contributed by atoms with Crippen LogP contribution in [0.3, 0.4) is 0 Å². The van der Waals surface area contributed by atoms with Gasteiger partial charge in [0, 0.05) is 29.6 Å². The molecule has 172 valence electrons. The van der Waals surface area contributed by atoms with Gasteiger partial charge in [0.05, 0.1) is 22.7 Å². The summed E-state index contributed by atoms with van der Waals surface area (Å²) in [7, 11) is 0. The third-order valence-electron chi connectivity index (χ3n) is 6.64. The molecule has 2 saturated carbocycles. The van der Waals surface area contributed by atoms with Gasteiger partial charge in [-0.2, -0.15) is 9.78 Å². The van der Waals surface area contributed by atoms with Crippen LogP contribution in [-0.4, -0.2) is 31.8 Å². The maximum atomic E-state index is 13.5. The Hall–Kier alpha value is -3.74. The molecule has 7 nitrogen and oxygen atoms in total.